The van der Waals surface area contributed by atoms with Gasteiger partial charge >= 0.3 is 0 Å². The van der Waals surface area contributed by atoms with Crippen LogP contribution in [0.25, 0.3) is 0 Å². The van der Waals surface area contributed by atoms with Gasteiger partial charge in [-0.3, -0.25) is 10.6 Å². The maximum absolute atomic E-state index is 12.0. The topological polar surface area (TPSA) is 123 Å². The van der Waals surface area contributed by atoms with Gasteiger partial charge < -0.3 is 5.43 Å². The molecular weight excluding hydrogens is 256 g/mol. The Balaban J connectivity index is 2.37. The number of sulfonamides is 1. The van der Waals surface area contributed by atoms with E-state index in [4.69, 9.17) is 5.84 Å². The molecule has 0 bridgehead atoms. The second-order valence-corrected chi connectivity index (χ2v) is 4.81. The van der Waals surface area contributed by atoms with E-state index in [1.807, 2.05) is 0 Å². The minimum atomic E-state index is -3.86. The monoisotopic (exact) mass is 266 g/mol. The number of nitrogens with zero attached hydrogens (tertiary/aromatic N) is 3. The molecule has 2 heterocycles. The predicted octanol–water partition coefficient (Wildman–Crippen LogP) is -0.0420. The molecule has 0 aliphatic heterocycles. The second kappa shape index (κ2) is 4.94. The van der Waals surface area contributed by atoms with E-state index in [-0.39, 0.29) is 16.5 Å². The number of hydrazine groups is 1. The first-order chi connectivity index (χ1) is 8.63. The van der Waals surface area contributed by atoms with Gasteiger partial charge in [0, 0.05) is 12.4 Å². The van der Waals surface area contributed by atoms with E-state index in [1.165, 1.54) is 24.5 Å². The molecule has 0 radical (unpaired) electrons. The molecular formula is C9H10N6O2S. The summed E-state index contributed by atoms with van der Waals surface area (Å²) in [6, 6.07) is 6.10. The third kappa shape index (κ3) is 2.52. The Bertz CT molecular complexity index is 631. The third-order valence-electron chi connectivity index (χ3n) is 1.99. The number of hydrogen-bond donors (Lipinski definition) is 3. The lowest BCUT2D eigenvalue weighted by Gasteiger charge is -2.09. The van der Waals surface area contributed by atoms with Crippen LogP contribution >= 0.6 is 0 Å². The molecule has 0 saturated carbocycles. The van der Waals surface area contributed by atoms with E-state index < -0.39 is 10.0 Å². The highest BCUT2D eigenvalue weighted by atomic mass is 32.2. The van der Waals surface area contributed by atoms with E-state index in [9.17, 15) is 8.42 Å². The van der Waals surface area contributed by atoms with Crippen molar-refractivity contribution >= 4 is 21.5 Å². The van der Waals surface area contributed by atoms with Gasteiger partial charge in [-0.25, -0.2) is 4.98 Å². The maximum atomic E-state index is 12.0. The van der Waals surface area contributed by atoms with Crippen LogP contribution in [0.15, 0.2) is 41.7 Å². The van der Waals surface area contributed by atoms with Crippen molar-refractivity contribution in [1.82, 2.24) is 15.2 Å². The highest BCUT2D eigenvalue weighted by molar-refractivity contribution is 7.92. The Morgan fingerprint density at radius 3 is 2.61 bits per heavy atom. The van der Waals surface area contributed by atoms with Gasteiger partial charge in [-0.1, -0.05) is 0 Å². The van der Waals surface area contributed by atoms with Crippen LogP contribution in [0.4, 0.5) is 11.5 Å². The van der Waals surface area contributed by atoms with Crippen molar-refractivity contribution in [1.29, 1.82) is 0 Å². The van der Waals surface area contributed by atoms with Crippen LogP contribution in [0.5, 0.6) is 0 Å². The standard InChI is InChI=1S/C9H10N6O2S/c10-13-7-3-1-5-11-9(7)18(16,17)15-8-4-2-6-12-14-8/h1-6,13H,10H2,(H,14,15). The van der Waals surface area contributed by atoms with Gasteiger partial charge in [-0.05, 0) is 24.3 Å². The van der Waals surface area contributed by atoms with Gasteiger partial charge in [0.2, 0.25) is 5.03 Å². The largest absolute Gasteiger partial charge is 0.321 e. The van der Waals surface area contributed by atoms with Crippen LogP contribution in [0, 0.1) is 0 Å². The van der Waals surface area contributed by atoms with Crippen LogP contribution in [-0.2, 0) is 10.0 Å². The molecule has 0 spiro atoms. The molecule has 0 aliphatic carbocycles. The fraction of sp³-hybridized carbons (Fsp3) is 0. The van der Waals surface area contributed by atoms with Crippen LogP contribution in [-0.4, -0.2) is 23.6 Å². The molecule has 9 heteroatoms. The lowest BCUT2D eigenvalue weighted by atomic mass is 10.4. The number of nitrogens with two attached hydrogens (primary N) is 1. The number of nitrogens with one attached hydrogen (secondary N) is 2. The summed E-state index contributed by atoms with van der Waals surface area (Å²) in [6.07, 6.45) is 2.79. The van der Waals surface area contributed by atoms with Gasteiger partial charge in [0.15, 0.2) is 5.82 Å². The number of aromatic nitrogens is 3. The molecule has 0 aliphatic rings. The fourth-order valence-electron chi connectivity index (χ4n) is 1.26. The zero-order valence-electron chi connectivity index (χ0n) is 9.11. The summed E-state index contributed by atoms with van der Waals surface area (Å²) in [6.45, 7) is 0. The fourth-order valence-corrected chi connectivity index (χ4v) is 2.35. The molecule has 0 atom stereocenters. The molecule has 2 aromatic heterocycles. The third-order valence-corrected chi connectivity index (χ3v) is 3.30. The van der Waals surface area contributed by atoms with E-state index in [1.54, 1.807) is 12.1 Å². The molecule has 0 amide bonds. The van der Waals surface area contributed by atoms with Crippen molar-refractivity contribution in [2.45, 2.75) is 5.03 Å². The Morgan fingerprint density at radius 2 is 1.94 bits per heavy atom. The Morgan fingerprint density at radius 1 is 1.17 bits per heavy atom. The van der Waals surface area contributed by atoms with Crippen LogP contribution in [0.3, 0.4) is 0 Å². The van der Waals surface area contributed by atoms with E-state index in [0.717, 1.165) is 0 Å². The summed E-state index contributed by atoms with van der Waals surface area (Å²) in [5.41, 5.74) is 2.46. The molecule has 0 unspecified atom stereocenters. The smallest absolute Gasteiger partial charge is 0.282 e. The first kappa shape index (κ1) is 12.2. The van der Waals surface area contributed by atoms with Crippen LogP contribution in [0.1, 0.15) is 0 Å². The molecule has 8 nitrogen and oxygen atoms in total. The summed E-state index contributed by atoms with van der Waals surface area (Å²) in [7, 11) is -3.86. The normalized spacial score (nSPS) is 10.9. The van der Waals surface area contributed by atoms with Gasteiger partial charge in [-0.15, -0.1) is 5.10 Å². The Kier molecular flexibility index (Phi) is 3.35. The first-order valence-corrected chi connectivity index (χ1v) is 6.34. The number of anilines is 2. The van der Waals surface area contributed by atoms with Crippen molar-refractivity contribution in [2.24, 2.45) is 5.84 Å². The second-order valence-electron chi connectivity index (χ2n) is 3.21. The molecule has 2 aromatic rings. The minimum Gasteiger partial charge on any atom is -0.321 e. The van der Waals surface area contributed by atoms with Gasteiger partial charge in [0.1, 0.15) is 0 Å². The van der Waals surface area contributed by atoms with Crippen molar-refractivity contribution in [3.05, 3.63) is 36.7 Å². The number of nitrogen functional groups attached to an aromatic ring is 1. The zero-order chi connectivity index (χ0) is 13.0. The average Bonchev–Trinajstić information content (AvgIpc) is 2.39. The zero-order valence-corrected chi connectivity index (χ0v) is 9.92. The van der Waals surface area contributed by atoms with Crippen molar-refractivity contribution < 1.29 is 8.42 Å². The summed E-state index contributed by atoms with van der Waals surface area (Å²) in [5.74, 6) is 5.33. The van der Waals surface area contributed by atoms with Crippen molar-refractivity contribution in [2.75, 3.05) is 10.1 Å². The number of rotatable bonds is 4. The molecule has 4 N–H and O–H groups in total. The van der Waals surface area contributed by atoms with Crippen molar-refractivity contribution in [3.8, 4) is 0 Å². The molecule has 94 valence electrons. The van der Waals surface area contributed by atoms with Crippen LogP contribution < -0.4 is 16.0 Å². The molecule has 0 fully saturated rings. The maximum Gasteiger partial charge on any atom is 0.282 e. The van der Waals surface area contributed by atoms with Crippen LogP contribution in [0.2, 0.25) is 0 Å². The quantitative estimate of drug-likeness (QED) is 0.524. The Labute approximate surface area is 103 Å². The van der Waals surface area contributed by atoms with E-state index >= 15 is 0 Å². The predicted molar refractivity (Wildman–Crippen MR) is 64.9 cm³/mol. The van der Waals surface area contributed by atoms with Crippen molar-refractivity contribution in [3.63, 3.8) is 0 Å². The average molecular weight is 266 g/mol. The summed E-state index contributed by atoms with van der Waals surface area (Å²) in [4.78, 5) is 3.78. The van der Waals surface area contributed by atoms with E-state index in [2.05, 4.69) is 25.3 Å². The van der Waals surface area contributed by atoms with E-state index in [0.29, 0.717) is 0 Å². The molecule has 0 saturated heterocycles. The number of hydrogen-bond acceptors (Lipinski definition) is 7. The lowest BCUT2D eigenvalue weighted by Crippen LogP contribution is -2.19. The summed E-state index contributed by atoms with van der Waals surface area (Å²) >= 11 is 0. The molecule has 18 heavy (non-hydrogen) atoms. The number of pyridine rings is 1. The minimum absolute atomic E-state index is 0.103. The highest BCUT2D eigenvalue weighted by Gasteiger charge is 2.20. The summed E-state index contributed by atoms with van der Waals surface area (Å²) in [5, 5.41) is 6.98. The lowest BCUT2D eigenvalue weighted by molar-refractivity contribution is 0.597. The SMILES string of the molecule is NNc1cccnc1S(=O)(=O)Nc1cccnn1. The molecule has 0 aromatic carbocycles. The molecule has 2 rings (SSSR count). The summed E-state index contributed by atoms with van der Waals surface area (Å²) < 4.78 is 26.3. The van der Waals surface area contributed by atoms with Gasteiger partial charge in [0.25, 0.3) is 10.0 Å². The Hall–Kier alpha value is -2.26. The van der Waals surface area contributed by atoms with Gasteiger partial charge in [0.05, 0.1) is 5.69 Å². The highest BCUT2D eigenvalue weighted by Crippen LogP contribution is 2.18. The van der Waals surface area contributed by atoms with Gasteiger partial charge in [-0.2, -0.15) is 13.5 Å². The first-order valence-electron chi connectivity index (χ1n) is 4.85.